The van der Waals surface area contributed by atoms with Gasteiger partial charge in [0.2, 0.25) is 0 Å². The summed E-state index contributed by atoms with van der Waals surface area (Å²) >= 11 is 6.17. The molecular weight excluding hydrogens is 446 g/mol. The van der Waals surface area contributed by atoms with Gasteiger partial charge in [-0.15, -0.1) is 0 Å². The van der Waals surface area contributed by atoms with E-state index in [1.54, 1.807) is 12.1 Å². The fourth-order valence-corrected chi connectivity index (χ4v) is 6.79. The van der Waals surface area contributed by atoms with Crippen LogP contribution in [0.5, 0.6) is 5.75 Å². The number of halogens is 1. The molecule has 0 bridgehead atoms. The molecule has 0 radical (unpaired) electrons. The maximum atomic E-state index is 12.6. The fourth-order valence-electron chi connectivity index (χ4n) is 6.60. The minimum Gasteiger partial charge on any atom is -0.493 e. The van der Waals surface area contributed by atoms with E-state index >= 15 is 0 Å². The molecule has 2 N–H and O–H groups in total. The van der Waals surface area contributed by atoms with Gasteiger partial charge in [-0.25, -0.2) is 4.79 Å². The maximum absolute atomic E-state index is 12.6. The Morgan fingerprint density at radius 3 is 2.59 bits per heavy atom. The quantitative estimate of drug-likeness (QED) is 0.462. The summed E-state index contributed by atoms with van der Waals surface area (Å²) in [5.41, 5.74) is 5.06. The number of anilines is 1. The maximum Gasteiger partial charge on any atom is 0.329 e. The SMILES string of the molecule is O=C(O)C1(Nc2cccc(Cl)c2)CCC2(CC1)c1ccccc1CC2c1ccc2c(c1)OCC2. The lowest BCUT2D eigenvalue weighted by Gasteiger charge is -2.47. The van der Waals surface area contributed by atoms with Crippen molar-refractivity contribution in [3.63, 3.8) is 0 Å². The molecular formula is C29H28ClNO3. The molecule has 0 saturated heterocycles. The van der Waals surface area contributed by atoms with E-state index in [0.29, 0.717) is 23.8 Å². The predicted octanol–water partition coefficient (Wildman–Crippen LogP) is 6.36. The van der Waals surface area contributed by atoms with Crippen LogP contribution in [-0.4, -0.2) is 23.2 Å². The number of benzene rings is 3. The first-order valence-electron chi connectivity index (χ1n) is 12.1. The number of carboxylic acids is 1. The molecule has 5 heteroatoms. The number of carboxylic acid groups (broad SMARTS) is 1. The van der Waals surface area contributed by atoms with Crippen LogP contribution >= 0.6 is 11.6 Å². The van der Waals surface area contributed by atoms with E-state index in [0.717, 1.165) is 43.7 Å². The van der Waals surface area contributed by atoms with E-state index in [4.69, 9.17) is 16.3 Å². The zero-order valence-corrected chi connectivity index (χ0v) is 19.8. The van der Waals surface area contributed by atoms with Crippen LogP contribution in [0.2, 0.25) is 5.02 Å². The first-order valence-corrected chi connectivity index (χ1v) is 12.5. The van der Waals surface area contributed by atoms with Crippen LogP contribution in [0.4, 0.5) is 5.69 Å². The molecule has 1 aliphatic heterocycles. The van der Waals surface area contributed by atoms with Crippen LogP contribution in [0.15, 0.2) is 66.7 Å². The van der Waals surface area contributed by atoms with Gasteiger partial charge in [0.15, 0.2) is 0 Å². The molecule has 4 nitrogen and oxygen atoms in total. The lowest BCUT2D eigenvalue weighted by molar-refractivity contribution is -0.144. The van der Waals surface area contributed by atoms with Crippen molar-refractivity contribution >= 4 is 23.3 Å². The summed E-state index contributed by atoms with van der Waals surface area (Å²) in [5, 5.41) is 14.3. The molecule has 1 unspecified atom stereocenters. The van der Waals surface area contributed by atoms with E-state index in [1.807, 2.05) is 12.1 Å². The van der Waals surface area contributed by atoms with Gasteiger partial charge in [-0.05, 0) is 84.5 Å². The number of rotatable bonds is 4. The lowest BCUT2D eigenvalue weighted by atomic mass is 9.59. The summed E-state index contributed by atoms with van der Waals surface area (Å²) in [6.45, 7) is 0.755. The highest BCUT2D eigenvalue weighted by Crippen LogP contribution is 2.58. The minimum absolute atomic E-state index is 0.0710. The van der Waals surface area contributed by atoms with E-state index in [-0.39, 0.29) is 5.41 Å². The summed E-state index contributed by atoms with van der Waals surface area (Å²) in [4.78, 5) is 12.6. The van der Waals surface area contributed by atoms with E-state index < -0.39 is 11.5 Å². The van der Waals surface area contributed by atoms with Crippen LogP contribution in [0, 0.1) is 0 Å². The molecule has 1 heterocycles. The van der Waals surface area contributed by atoms with Crippen molar-refractivity contribution in [2.75, 3.05) is 11.9 Å². The average molecular weight is 474 g/mol. The Morgan fingerprint density at radius 2 is 1.79 bits per heavy atom. The summed E-state index contributed by atoms with van der Waals surface area (Å²) in [7, 11) is 0. The number of nitrogens with one attached hydrogen (secondary N) is 1. The van der Waals surface area contributed by atoms with Gasteiger partial charge < -0.3 is 15.2 Å². The van der Waals surface area contributed by atoms with Gasteiger partial charge in [-0.2, -0.15) is 0 Å². The van der Waals surface area contributed by atoms with Crippen LogP contribution in [0.25, 0.3) is 0 Å². The fraction of sp³-hybridized carbons (Fsp3) is 0.345. The van der Waals surface area contributed by atoms with E-state index in [2.05, 4.69) is 47.8 Å². The Morgan fingerprint density at radius 1 is 0.971 bits per heavy atom. The molecule has 174 valence electrons. The third kappa shape index (κ3) is 3.39. The third-order valence-corrected chi connectivity index (χ3v) is 8.62. The van der Waals surface area contributed by atoms with Crippen LogP contribution in [-0.2, 0) is 23.1 Å². The first-order chi connectivity index (χ1) is 16.5. The van der Waals surface area contributed by atoms with Crippen molar-refractivity contribution in [1.82, 2.24) is 0 Å². The number of hydrogen-bond donors (Lipinski definition) is 2. The number of hydrogen-bond acceptors (Lipinski definition) is 3. The molecule has 1 spiro atoms. The Bertz CT molecular complexity index is 1260. The van der Waals surface area contributed by atoms with Crippen LogP contribution < -0.4 is 10.1 Å². The molecule has 1 saturated carbocycles. The van der Waals surface area contributed by atoms with Crippen LogP contribution in [0.1, 0.15) is 53.9 Å². The highest BCUT2D eigenvalue weighted by atomic mass is 35.5. The predicted molar refractivity (Wildman–Crippen MR) is 134 cm³/mol. The summed E-state index contributed by atoms with van der Waals surface area (Å²) in [6, 6.07) is 22.8. The van der Waals surface area contributed by atoms with Gasteiger partial charge >= 0.3 is 5.97 Å². The minimum atomic E-state index is -1.00. The van der Waals surface area contributed by atoms with Crippen molar-refractivity contribution < 1.29 is 14.6 Å². The second kappa shape index (κ2) is 8.06. The Labute approximate surface area is 204 Å². The molecule has 0 aromatic heterocycles. The molecule has 3 aliphatic rings. The zero-order chi connectivity index (χ0) is 23.3. The molecule has 1 fully saturated rings. The number of fused-ring (bicyclic) bond motifs is 3. The lowest BCUT2D eigenvalue weighted by Crippen LogP contribution is -2.52. The van der Waals surface area contributed by atoms with Gasteiger partial charge in [0.1, 0.15) is 11.3 Å². The van der Waals surface area contributed by atoms with Crippen molar-refractivity contribution in [2.45, 2.75) is 55.4 Å². The number of aliphatic carboxylic acids is 1. The van der Waals surface area contributed by atoms with Crippen molar-refractivity contribution in [3.8, 4) is 5.75 Å². The molecule has 0 amide bonds. The monoisotopic (exact) mass is 473 g/mol. The zero-order valence-electron chi connectivity index (χ0n) is 19.0. The number of carbonyl (C=O) groups is 1. The standard InChI is InChI=1S/C29H28ClNO3/c30-22-5-3-6-23(18-22)31-29(27(32)33)13-11-28(12-14-29)24-7-2-1-4-20(24)16-25(28)21-9-8-19-10-15-34-26(19)17-21/h1-9,17-18,25,31H,10-16H2,(H,32,33). The normalized spacial score (nSPS) is 27.1. The first kappa shape index (κ1) is 21.5. The Kier molecular flexibility index (Phi) is 5.11. The van der Waals surface area contributed by atoms with Gasteiger partial charge in [0.05, 0.1) is 6.61 Å². The second-order valence-electron chi connectivity index (χ2n) is 10.1. The van der Waals surface area contributed by atoms with Crippen molar-refractivity contribution in [3.05, 3.63) is 94.0 Å². The molecule has 1 atom stereocenters. The Hall–Kier alpha value is -2.98. The van der Waals surface area contributed by atoms with Gasteiger partial charge in [-0.1, -0.05) is 54.1 Å². The molecule has 3 aromatic carbocycles. The molecule has 6 rings (SSSR count). The largest absolute Gasteiger partial charge is 0.493 e. The van der Waals surface area contributed by atoms with E-state index in [9.17, 15) is 9.90 Å². The highest BCUT2D eigenvalue weighted by molar-refractivity contribution is 6.30. The van der Waals surface area contributed by atoms with Crippen molar-refractivity contribution in [2.24, 2.45) is 0 Å². The summed E-state index contributed by atoms with van der Waals surface area (Å²) < 4.78 is 5.89. The Balaban J connectivity index is 1.36. The summed E-state index contributed by atoms with van der Waals surface area (Å²) in [6.07, 6.45) is 4.69. The second-order valence-corrected chi connectivity index (χ2v) is 10.5. The third-order valence-electron chi connectivity index (χ3n) is 8.38. The number of ether oxygens (including phenoxy) is 1. The molecule has 34 heavy (non-hydrogen) atoms. The van der Waals surface area contributed by atoms with Crippen LogP contribution in [0.3, 0.4) is 0 Å². The average Bonchev–Trinajstić information content (AvgIpc) is 3.43. The topological polar surface area (TPSA) is 58.6 Å². The van der Waals surface area contributed by atoms with Gasteiger partial charge in [0.25, 0.3) is 0 Å². The smallest absolute Gasteiger partial charge is 0.329 e. The molecule has 3 aromatic rings. The van der Waals surface area contributed by atoms with Crippen molar-refractivity contribution in [1.29, 1.82) is 0 Å². The van der Waals surface area contributed by atoms with Gasteiger partial charge in [0, 0.05) is 22.5 Å². The highest BCUT2D eigenvalue weighted by Gasteiger charge is 2.54. The van der Waals surface area contributed by atoms with Gasteiger partial charge in [-0.3, -0.25) is 0 Å². The summed E-state index contributed by atoms with van der Waals surface area (Å²) in [5.74, 6) is 0.537. The molecule has 2 aliphatic carbocycles. The van der Waals surface area contributed by atoms with E-state index in [1.165, 1.54) is 22.3 Å².